The molecule has 144 valence electrons. The summed E-state index contributed by atoms with van der Waals surface area (Å²) < 4.78 is 38.8. The van der Waals surface area contributed by atoms with Gasteiger partial charge in [0.1, 0.15) is 17.2 Å². The van der Waals surface area contributed by atoms with Crippen LogP contribution in [0.1, 0.15) is 5.56 Å². The highest BCUT2D eigenvalue weighted by Crippen LogP contribution is 2.32. The van der Waals surface area contributed by atoms with Gasteiger partial charge < -0.3 is 14.4 Å². The van der Waals surface area contributed by atoms with E-state index in [4.69, 9.17) is 21.1 Å². The van der Waals surface area contributed by atoms with E-state index in [0.29, 0.717) is 34.7 Å². The topological polar surface area (TPSA) is 68.2 Å². The molecule has 0 aliphatic carbocycles. The summed E-state index contributed by atoms with van der Waals surface area (Å²) in [6.07, 6.45) is 5.58. The lowest BCUT2D eigenvalue weighted by molar-refractivity contribution is 0.409. The van der Waals surface area contributed by atoms with Gasteiger partial charge in [-0.25, -0.2) is 8.42 Å². The smallest absolute Gasteiger partial charge is 0.256 e. The lowest BCUT2D eigenvalue weighted by Gasteiger charge is -2.29. The molecule has 0 N–H and O–H groups in total. The van der Waals surface area contributed by atoms with Crippen LogP contribution in [0, 0.1) is 0 Å². The fourth-order valence-corrected chi connectivity index (χ4v) is 4.16. The minimum absolute atomic E-state index is 0.0193. The first-order valence-corrected chi connectivity index (χ1v) is 10.5. The largest absolute Gasteiger partial charge is 0.495 e. The second-order valence-corrected chi connectivity index (χ2v) is 8.40. The Bertz CT molecular complexity index is 1110. The maximum atomic E-state index is 11.9. The van der Waals surface area contributed by atoms with Gasteiger partial charge in [-0.3, -0.25) is 0 Å². The van der Waals surface area contributed by atoms with E-state index in [0.717, 1.165) is 11.1 Å². The number of ether oxygens (including phenoxy) is 2. The lowest BCUT2D eigenvalue weighted by atomic mass is 10.0. The monoisotopic (exact) mass is 416 g/mol. The number of hydrogen-bond acceptors (Lipinski definition) is 5. The van der Waals surface area contributed by atoms with Crippen molar-refractivity contribution in [2.45, 2.75) is 0 Å². The maximum absolute atomic E-state index is 11.9. The van der Waals surface area contributed by atoms with E-state index in [2.05, 4.69) is 4.40 Å². The highest BCUT2D eigenvalue weighted by Gasteiger charge is 2.27. The zero-order chi connectivity index (χ0) is 19.7. The van der Waals surface area contributed by atoms with Crippen LogP contribution in [0.4, 0.5) is 0 Å². The Morgan fingerprint density at radius 1 is 1.11 bits per heavy atom. The molecule has 28 heavy (non-hydrogen) atoms. The molecule has 0 saturated heterocycles. The lowest BCUT2D eigenvalue weighted by Crippen LogP contribution is -2.37. The normalized spacial score (nSPS) is 17.4. The molecule has 2 heterocycles. The molecule has 2 aromatic rings. The molecule has 0 radical (unpaired) electrons. The van der Waals surface area contributed by atoms with Gasteiger partial charge in [-0.15, -0.1) is 4.40 Å². The first-order valence-electron chi connectivity index (χ1n) is 8.55. The van der Waals surface area contributed by atoms with Crippen LogP contribution in [0.25, 0.3) is 5.57 Å². The van der Waals surface area contributed by atoms with E-state index >= 15 is 0 Å². The molecular formula is C20H17ClN2O4S. The number of nitrogens with zero attached hydrogens (tertiary/aromatic N) is 2. The summed E-state index contributed by atoms with van der Waals surface area (Å²) in [5.41, 5.74) is 1.61. The average Bonchev–Trinajstić information content (AvgIpc) is 2.69. The number of rotatable bonds is 4. The van der Waals surface area contributed by atoms with E-state index in [9.17, 15) is 8.42 Å². The van der Waals surface area contributed by atoms with Crippen LogP contribution >= 0.6 is 11.6 Å². The number of amidine groups is 1. The standard InChI is InChI=1S/C20H17ClN2O4S/c1-26-19-13-16(8-9-18(19)21)27-15-6-4-14(5-7-15)17-3-2-10-23-11-12-28(24,25)22-20(17)23/h2-10,13H,11-12H2,1H3. The third-order valence-corrected chi connectivity index (χ3v) is 5.84. The quantitative estimate of drug-likeness (QED) is 0.750. The first-order chi connectivity index (χ1) is 13.4. The molecule has 0 bridgehead atoms. The summed E-state index contributed by atoms with van der Waals surface area (Å²) in [5.74, 6) is 2.24. The predicted molar refractivity (Wildman–Crippen MR) is 110 cm³/mol. The van der Waals surface area contributed by atoms with Gasteiger partial charge in [0.15, 0.2) is 5.84 Å². The summed E-state index contributed by atoms with van der Waals surface area (Å²) >= 11 is 6.03. The third-order valence-electron chi connectivity index (χ3n) is 4.38. The number of sulfonamides is 1. The Morgan fingerprint density at radius 2 is 1.86 bits per heavy atom. The van der Waals surface area contributed by atoms with Crippen molar-refractivity contribution >= 4 is 33.0 Å². The molecule has 8 heteroatoms. The molecule has 0 saturated carbocycles. The van der Waals surface area contributed by atoms with Gasteiger partial charge in [0, 0.05) is 24.4 Å². The summed E-state index contributed by atoms with van der Waals surface area (Å²) in [6, 6.07) is 12.6. The molecule has 2 aliphatic rings. The Hall–Kier alpha value is -2.77. The number of fused-ring (bicyclic) bond motifs is 1. The van der Waals surface area contributed by atoms with Crippen LogP contribution in [-0.2, 0) is 10.0 Å². The van der Waals surface area contributed by atoms with Crippen LogP contribution in [0.15, 0.2) is 65.2 Å². The minimum Gasteiger partial charge on any atom is -0.495 e. The Labute approximate surface area is 168 Å². The van der Waals surface area contributed by atoms with Crippen LogP contribution in [0.5, 0.6) is 17.2 Å². The molecule has 0 fully saturated rings. The zero-order valence-corrected chi connectivity index (χ0v) is 16.6. The van der Waals surface area contributed by atoms with E-state index in [-0.39, 0.29) is 5.75 Å². The molecule has 4 rings (SSSR count). The van der Waals surface area contributed by atoms with E-state index in [1.165, 1.54) is 0 Å². The van der Waals surface area contributed by atoms with Crippen LogP contribution in [-0.4, -0.2) is 38.6 Å². The summed E-state index contributed by atoms with van der Waals surface area (Å²) in [7, 11) is -1.88. The van der Waals surface area contributed by atoms with Gasteiger partial charge in [-0.05, 0) is 42.0 Å². The van der Waals surface area contributed by atoms with E-state index in [1.54, 1.807) is 25.3 Å². The van der Waals surface area contributed by atoms with Crippen molar-refractivity contribution in [2.75, 3.05) is 19.4 Å². The van der Waals surface area contributed by atoms with Crippen molar-refractivity contribution in [3.8, 4) is 17.2 Å². The van der Waals surface area contributed by atoms with Gasteiger partial charge >= 0.3 is 0 Å². The molecule has 0 atom stereocenters. The SMILES string of the molecule is COc1cc(Oc2ccc(C3=CC=CN4CCS(=O)(=O)N=C34)cc2)ccc1Cl. The molecule has 0 amide bonds. The molecule has 6 nitrogen and oxygen atoms in total. The van der Waals surface area contributed by atoms with Gasteiger partial charge in [0.05, 0.1) is 17.9 Å². The minimum atomic E-state index is -3.43. The molecule has 2 aliphatic heterocycles. The number of benzene rings is 2. The van der Waals surface area contributed by atoms with Crippen molar-refractivity contribution in [3.63, 3.8) is 0 Å². The fourth-order valence-electron chi connectivity index (χ4n) is 2.98. The van der Waals surface area contributed by atoms with Gasteiger partial charge in [-0.2, -0.15) is 0 Å². The molecular weight excluding hydrogens is 400 g/mol. The van der Waals surface area contributed by atoms with Crippen LogP contribution < -0.4 is 9.47 Å². The predicted octanol–water partition coefficient (Wildman–Crippen LogP) is 4.10. The van der Waals surface area contributed by atoms with Crippen molar-refractivity contribution in [1.82, 2.24) is 4.90 Å². The summed E-state index contributed by atoms with van der Waals surface area (Å²) in [4.78, 5) is 1.85. The van der Waals surface area contributed by atoms with E-state index < -0.39 is 10.0 Å². The Morgan fingerprint density at radius 3 is 2.61 bits per heavy atom. The molecule has 0 spiro atoms. The number of hydrogen-bond donors (Lipinski definition) is 0. The molecule has 0 aromatic heterocycles. The van der Waals surface area contributed by atoms with Gasteiger partial charge in [-0.1, -0.05) is 23.7 Å². The Balaban J connectivity index is 1.59. The zero-order valence-electron chi connectivity index (χ0n) is 15.0. The summed E-state index contributed by atoms with van der Waals surface area (Å²) in [5, 5.41) is 0.509. The van der Waals surface area contributed by atoms with Crippen LogP contribution in [0.2, 0.25) is 5.02 Å². The maximum Gasteiger partial charge on any atom is 0.256 e. The van der Waals surface area contributed by atoms with Crippen LogP contribution in [0.3, 0.4) is 0 Å². The number of allylic oxidation sites excluding steroid dienone is 2. The van der Waals surface area contributed by atoms with E-state index in [1.807, 2.05) is 47.5 Å². The van der Waals surface area contributed by atoms with Gasteiger partial charge in [0.25, 0.3) is 10.0 Å². The fraction of sp³-hybridized carbons (Fsp3) is 0.150. The Kier molecular flexibility index (Phi) is 4.87. The number of halogens is 1. The van der Waals surface area contributed by atoms with Crippen molar-refractivity contribution < 1.29 is 17.9 Å². The third kappa shape index (κ3) is 3.76. The summed E-state index contributed by atoms with van der Waals surface area (Å²) in [6.45, 7) is 0.397. The average molecular weight is 417 g/mol. The number of methoxy groups -OCH3 is 1. The second kappa shape index (κ2) is 7.33. The first kappa shape index (κ1) is 18.6. The highest BCUT2D eigenvalue weighted by atomic mass is 35.5. The molecule has 2 aromatic carbocycles. The van der Waals surface area contributed by atoms with Crippen molar-refractivity contribution in [1.29, 1.82) is 0 Å². The highest BCUT2D eigenvalue weighted by molar-refractivity contribution is 7.90. The second-order valence-electron chi connectivity index (χ2n) is 6.24. The van der Waals surface area contributed by atoms with Gasteiger partial charge in [0.2, 0.25) is 0 Å². The van der Waals surface area contributed by atoms with Crippen molar-refractivity contribution in [3.05, 3.63) is 71.4 Å². The molecule has 0 unspecified atom stereocenters. The van der Waals surface area contributed by atoms with Crippen molar-refractivity contribution in [2.24, 2.45) is 4.40 Å².